The topological polar surface area (TPSA) is 69.6 Å². The van der Waals surface area contributed by atoms with Gasteiger partial charge in [0.15, 0.2) is 0 Å². The zero-order valence-electron chi connectivity index (χ0n) is 9.84. The minimum Gasteiger partial charge on any atom is -0.480 e. The summed E-state index contributed by atoms with van der Waals surface area (Å²) in [5.41, 5.74) is 0. The number of likely N-dealkylation sites (N-methyl/N-ethyl adjacent to an activating group) is 1. The van der Waals surface area contributed by atoms with E-state index in [0.29, 0.717) is 6.54 Å². The van der Waals surface area contributed by atoms with Crippen LogP contribution in [0.4, 0.5) is 4.79 Å². The fourth-order valence-corrected chi connectivity index (χ4v) is 1.89. The van der Waals surface area contributed by atoms with Gasteiger partial charge in [-0.3, -0.25) is 4.79 Å². The van der Waals surface area contributed by atoms with Gasteiger partial charge in [-0.05, 0) is 24.8 Å². The molecular formula is C11H16N2O3S. The fraction of sp³-hybridized carbons (Fsp3) is 0.455. The number of carboxylic acids is 1. The molecule has 0 radical (unpaired) electrons. The molecule has 2 amide bonds. The minimum atomic E-state index is -1.04. The highest BCUT2D eigenvalue weighted by Crippen LogP contribution is 2.09. The second-order valence-corrected chi connectivity index (χ2v) is 4.79. The van der Waals surface area contributed by atoms with Gasteiger partial charge in [0.2, 0.25) is 0 Å². The molecule has 17 heavy (non-hydrogen) atoms. The molecule has 1 heterocycles. The van der Waals surface area contributed by atoms with E-state index in [1.807, 2.05) is 17.5 Å². The quantitative estimate of drug-likeness (QED) is 0.836. The molecule has 1 rings (SSSR count). The van der Waals surface area contributed by atoms with Crippen molar-refractivity contribution < 1.29 is 14.7 Å². The van der Waals surface area contributed by atoms with Gasteiger partial charge in [-0.15, -0.1) is 11.3 Å². The molecule has 0 aliphatic carbocycles. The molecule has 1 atom stereocenters. The smallest absolute Gasteiger partial charge is 0.325 e. The van der Waals surface area contributed by atoms with Gasteiger partial charge in [0.05, 0.1) is 0 Å². The molecule has 0 aliphatic rings. The molecule has 0 aromatic carbocycles. The fourth-order valence-electron chi connectivity index (χ4n) is 1.19. The zero-order valence-corrected chi connectivity index (χ0v) is 10.7. The molecule has 94 valence electrons. The molecular weight excluding hydrogens is 240 g/mol. The Hall–Kier alpha value is -1.56. The van der Waals surface area contributed by atoms with Crippen LogP contribution in [0.1, 0.15) is 11.8 Å². The van der Waals surface area contributed by atoms with Gasteiger partial charge in [-0.1, -0.05) is 6.07 Å². The van der Waals surface area contributed by atoms with Crippen molar-refractivity contribution in [2.45, 2.75) is 19.4 Å². The number of thiophene rings is 1. The van der Waals surface area contributed by atoms with E-state index >= 15 is 0 Å². The van der Waals surface area contributed by atoms with Gasteiger partial charge in [-0.25, -0.2) is 4.79 Å². The highest BCUT2D eigenvalue weighted by Gasteiger charge is 2.16. The van der Waals surface area contributed by atoms with Gasteiger partial charge in [-0.2, -0.15) is 0 Å². The summed E-state index contributed by atoms with van der Waals surface area (Å²) >= 11 is 1.64. The van der Waals surface area contributed by atoms with Crippen LogP contribution in [-0.4, -0.2) is 41.6 Å². The van der Waals surface area contributed by atoms with Gasteiger partial charge >= 0.3 is 12.0 Å². The van der Waals surface area contributed by atoms with Crippen molar-refractivity contribution in [1.29, 1.82) is 0 Å². The molecule has 0 spiro atoms. The number of hydrogen-bond donors (Lipinski definition) is 2. The highest BCUT2D eigenvalue weighted by molar-refractivity contribution is 7.09. The van der Waals surface area contributed by atoms with Gasteiger partial charge in [0.1, 0.15) is 6.04 Å². The van der Waals surface area contributed by atoms with E-state index in [1.165, 1.54) is 16.7 Å². The van der Waals surface area contributed by atoms with Crippen LogP contribution < -0.4 is 5.32 Å². The molecule has 5 nitrogen and oxygen atoms in total. The van der Waals surface area contributed by atoms with Crippen LogP contribution in [0.3, 0.4) is 0 Å². The third-order valence-electron chi connectivity index (χ3n) is 2.33. The van der Waals surface area contributed by atoms with Crippen molar-refractivity contribution in [1.82, 2.24) is 10.2 Å². The number of urea groups is 1. The second-order valence-electron chi connectivity index (χ2n) is 3.76. The monoisotopic (exact) mass is 256 g/mol. The van der Waals surface area contributed by atoms with E-state index in [0.717, 1.165) is 6.42 Å². The predicted molar refractivity (Wildman–Crippen MR) is 66.3 cm³/mol. The summed E-state index contributed by atoms with van der Waals surface area (Å²) in [6.07, 6.45) is 0.781. The summed E-state index contributed by atoms with van der Waals surface area (Å²) in [5.74, 6) is -1.04. The molecule has 0 bridgehead atoms. The molecule has 6 heteroatoms. The molecule has 0 unspecified atom stereocenters. The Morgan fingerprint density at radius 2 is 2.29 bits per heavy atom. The lowest BCUT2D eigenvalue weighted by Crippen LogP contribution is -2.45. The average Bonchev–Trinajstić information content (AvgIpc) is 2.78. The Labute approximate surface area is 104 Å². The number of hydrogen-bond acceptors (Lipinski definition) is 3. The van der Waals surface area contributed by atoms with E-state index < -0.39 is 12.0 Å². The SMILES string of the molecule is C[C@@H](NC(=O)N(C)CCc1cccs1)C(=O)O. The minimum absolute atomic E-state index is 0.364. The summed E-state index contributed by atoms with van der Waals surface area (Å²) in [5, 5.41) is 13.0. The Morgan fingerprint density at radius 3 is 2.82 bits per heavy atom. The zero-order chi connectivity index (χ0) is 12.8. The number of aliphatic carboxylic acids is 1. The normalized spacial score (nSPS) is 11.9. The number of nitrogens with one attached hydrogen (secondary N) is 1. The number of amides is 2. The maximum Gasteiger partial charge on any atom is 0.325 e. The molecule has 2 N–H and O–H groups in total. The lowest BCUT2D eigenvalue weighted by atomic mass is 10.3. The number of carbonyl (C=O) groups excluding carboxylic acids is 1. The Balaban J connectivity index is 2.34. The van der Waals surface area contributed by atoms with Crippen LogP contribution in [0.5, 0.6) is 0 Å². The largest absolute Gasteiger partial charge is 0.480 e. The van der Waals surface area contributed by atoms with Gasteiger partial charge in [0, 0.05) is 18.5 Å². The molecule has 0 fully saturated rings. The summed E-state index contributed by atoms with van der Waals surface area (Å²) in [6, 6.07) is 2.74. The number of rotatable bonds is 5. The summed E-state index contributed by atoms with van der Waals surface area (Å²) < 4.78 is 0. The Morgan fingerprint density at radius 1 is 1.59 bits per heavy atom. The third-order valence-corrected chi connectivity index (χ3v) is 3.27. The lowest BCUT2D eigenvalue weighted by Gasteiger charge is -2.19. The third kappa shape index (κ3) is 4.44. The maximum absolute atomic E-state index is 11.6. The van der Waals surface area contributed by atoms with Crippen molar-refractivity contribution in [2.24, 2.45) is 0 Å². The summed E-state index contributed by atoms with van der Waals surface area (Å²) in [7, 11) is 1.65. The average molecular weight is 256 g/mol. The molecule has 0 aliphatic heterocycles. The van der Waals surface area contributed by atoms with Gasteiger partial charge in [0.25, 0.3) is 0 Å². The van der Waals surface area contributed by atoms with E-state index in [1.54, 1.807) is 18.4 Å². The van der Waals surface area contributed by atoms with E-state index in [2.05, 4.69) is 5.32 Å². The van der Waals surface area contributed by atoms with Crippen LogP contribution in [0.25, 0.3) is 0 Å². The number of carbonyl (C=O) groups is 2. The molecule has 1 aromatic heterocycles. The first-order valence-corrected chi connectivity index (χ1v) is 6.15. The number of nitrogens with zero attached hydrogens (tertiary/aromatic N) is 1. The molecule has 1 aromatic rings. The first-order chi connectivity index (χ1) is 8.00. The summed E-state index contributed by atoms with van der Waals surface area (Å²) in [6.45, 7) is 2.01. The Bertz CT molecular complexity index is 378. The van der Waals surface area contributed by atoms with Crippen molar-refractivity contribution in [3.8, 4) is 0 Å². The second kappa shape index (κ2) is 6.24. The van der Waals surface area contributed by atoms with Crippen LogP contribution in [-0.2, 0) is 11.2 Å². The molecule has 0 saturated carbocycles. The highest BCUT2D eigenvalue weighted by atomic mass is 32.1. The van der Waals surface area contributed by atoms with Crippen LogP contribution in [0.15, 0.2) is 17.5 Å². The van der Waals surface area contributed by atoms with E-state index in [4.69, 9.17) is 5.11 Å². The van der Waals surface area contributed by atoms with Crippen molar-refractivity contribution in [3.63, 3.8) is 0 Å². The van der Waals surface area contributed by atoms with Crippen molar-refractivity contribution in [2.75, 3.05) is 13.6 Å². The van der Waals surface area contributed by atoms with Crippen molar-refractivity contribution >= 4 is 23.3 Å². The first-order valence-electron chi connectivity index (χ1n) is 5.27. The van der Waals surface area contributed by atoms with Crippen molar-refractivity contribution in [3.05, 3.63) is 22.4 Å². The lowest BCUT2D eigenvalue weighted by molar-refractivity contribution is -0.138. The van der Waals surface area contributed by atoms with E-state index in [9.17, 15) is 9.59 Å². The standard InChI is InChI=1S/C11H16N2O3S/c1-8(10(14)15)12-11(16)13(2)6-5-9-4-3-7-17-9/h3-4,7-8H,5-6H2,1-2H3,(H,12,16)(H,14,15)/t8-/m1/s1. The van der Waals surface area contributed by atoms with Gasteiger partial charge < -0.3 is 15.3 Å². The van der Waals surface area contributed by atoms with Crippen LogP contribution >= 0.6 is 11.3 Å². The Kier molecular flexibility index (Phi) is 4.96. The molecule has 0 saturated heterocycles. The predicted octanol–water partition coefficient (Wildman–Crippen LogP) is 1.41. The van der Waals surface area contributed by atoms with Crippen LogP contribution in [0, 0.1) is 0 Å². The summed E-state index contributed by atoms with van der Waals surface area (Å²) in [4.78, 5) is 24.8. The maximum atomic E-state index is 11.6. The van der Waals surface area contributed by atoms with Crippen LogP contribution in [0.2, 0.25) is 0 Å². The first kappa shape index (κ1) is 13.5. The number of carboxylic acid groups (broad SMARTS) is 1. The van der Waals surface area contributed by atoms with E-state index in [-0.39, 0.29) is 6.03 Å².